The third-order valence-electron chi connectivity index (χ3n) is 1.53. The van der Waals surface area contributed by atoms with Crippen LogP contribution in [0.3, 0.4) is 0 Å². The summed E-state index contributed by atoms with van der Waals surface area (Å²) in [5.74, 6) is 0.669. The Morgan fingerprint density at radius 2 is 2.38 bits per heavy atom. The highest BCUT2D eigenvalue weighted by molar-refractivity contribution is 5.82. The molecule has 0 fully saturated rings. The predicted octanol–water partition coefficient (Wildman–Crippen LogP) is 1.39. The molecule has 0 aliphatic heterocycles. The number of hydrogen-bond acceptors (Lipinski definition) is 2. The summed E-state index contributed by atoms with van der Waals surface area (Å²) in [4.78, 5) is 8.25. The molecule has 0 saturated carbocycles. The summed E-state index contributed by atoms with van der Waals surface area (Å²) >= 11 is 0. The molecule has 1 aromatic rings. The second kappa shape index (κ2) is 4.60. The first-order valence-corrected chi connectivity index (χ1v) is 4.39. The zero-order chi connectivity index (χ0) is 9.68. The van der Waals surface area contributed by atoms with Crippen molar-refractivity contribution in [3.8, 4) is 0 Å². The van der Waals surface area contributed by atoms with E-state index in [0.29, 0.717) is 12.3 Å². The Bertz CT molecular complexity index is 277. The van der Waals surface area contributed by atoms with E-state index in [1.54, 1.807) is 6.20 Å². The highest BCUT2D eigenvalue weighted by atomic mass is 14.9. The maximum atomic E-state index is 5.73. The molecule has 0 aliphatic rings. The Labute approximate surface area is 78.7 Å². The van der Waals surface area contributed by atoms with Crippen LogP contribution in [0.1, 0.15) is 19.4 Å². The highest BCUT2D eigenvalue weighted by Crippen LogP contribution is 1.97. The van der Waals surface area contributed by atoms with E-state index in [-0.39, 0.29) is 6.04 Å². The van der Waals surface area contributed by atoms with E-state index >= 15 is 0 Å². The molecule has 3 nitrogen and oxygen atoms in total. The van der Waals surface area contributed by atoms with E-state index in [0.717, 1.165) is 5.56 Å². The minimum atomic E-state index is 0.261. The lowest BCUT2D eigenvalue weighted by Gasteiger charge is -2.02. The van der Waals surface area contributed by atoms with Gasteiger partial charge in [0.1, 0.15) is 0 Å². The van der Waals surface area contributed by atoms with Crippen LogP contribution in [0.25, 0.3) is 0 Å². The molecule has 2 N–H and O–H groups in total. The van der Waals surface area contributed by atoms with Gasteiger partial charge in [0.15, 0.2) is 0 Å². The number of aromatic nitrogens is 1. The smallest absolute Gasteiger partial charge is 0.0985 e. The van der Waals surface area contributed by atoms with Crippen molar-refractivity contribution >= 4 is 5.84 Å². The maximum absolute atomic E-state index is 5.73. The number of hydrogen-bond donors (Lipinski definition) is 1. The molecule has 0 aromatic carbocycles. The fourth-order valence-corrected chi connectivity index (χ4v) is 1.09. The molecule has 0 atom stereocenters. The van der Waals surface area contributed by atoms with Crippen LogP contribution in [0, 0.1) is 0 Å². The summed E-state index contributed by atoms with van der Waals surface area (Å²) in [6, 6.07) is 4.16. The van der Waals surface area contributed by atoms with Crippen molar-refractivity contribution in [2.24, 2.45) is 10.7 Å². The summed E-state index contributed by atoms with van der Waals surface area (Å²) in [5.41, 5.74) is 6.83. The minimum absolute atomic E-state index is 0.261. The van der Waals surface area contributed by atoms with Crippen molar-refractivity contribution in [2.45, 2.75) is 26.3 Å². The summed E-state index contributed by atoms with van der Waals surface area (Å²) in [6.45, 7) is 4.02. The number of nitrogens with zero attached hydrogens (tertiary/aromatic N) is 2. The normalized spacial score (nSPS) is 12.1. The van der Waals surface area contributed by atoms with E-state index in [9.17, 15) is 0 Å². The molecule has 0 bridgehead atoms. The Balaban J connectivity index is 2.60. The van der Waals surface area contributed by atoms with Crippen molar-refractivity contribution in [1.82, 2.24) is 4.98 Å². The number of nitrogens with two attached hydrogens (primary N) is 1. The van der Waals surface area contributed by atoms with Gasteiger partial charge in [0.05, 0.1) is 5.84 Å². The van der Waals surface area contributed by atoms with Crippen molar-refractivity contribution in [2.75, 3.05) is 0 Å². The lowest BCUT2D eigenvalue weighted by atomic mass is 10.2. The van der Waals surface area contributed by atoms with Crippen LogP contribution in [0.15, 0.2) is 29.5 Å². The molecule has 0 radical (unpaired) electrons. The fourth-order valence-electron chi connectivity index (χ4n) is 1.09. The average molecular weight is 177 g/mol. The van der Waals surface area contributed by atoms with E-state index in [4.69, 9.17) is 5.73 Å². The van der Waals surface area contributed by atoms with Crippen LogP contribution in [-0.4, -0.2) is 16.9 Å². The zero-order valence-electron chi connectivity index (χ0n) is 8.07. The first-order valence-electron chi connectivity index (χ1n) is 4.39. The Hall–Kier alpha value is -1.38. The van der Waals surface area contributed by atoms with Crippen LogP contribution >= 0.6 is 0 Å². The number of pyridine rings is 1. The molecule has 1 heterocycles. The second-order valence-electron chi connectivity index (χ2n) is 3.25. The quantitative estimate of drug-likeness (QED) is 0.560. The van der Waals surface area contributed by atoms with Crippen molar-refractivity contribution < 1.29 is 0 Å². The van der Waals surface area contributed by atoms with Crippen molar-refractivity contribution in [3.05, 3.63) is 30.1 Å². The minimum Gasteiger partial charge on any atom is -0.387 e. The molecule has 3 heteroatoms. The number of rotatable bonds is 3. The van der Waals surface area contributed by atoms with Gasteiger partial charge in [-0.25, -0.2) is 0 Å². The molecule has 0 unspecified atom stereocenters. The van der Waals surface area contributed by atoms with Gasteiger partial charge in [0.2, 0.25) is 0 Å². The standard InChI is InChI=1S/C10H15N3/c1-8(2)13-10(11)6-9-4-3-5-12-7-9/h3-5,7-8H,6H2,1-2H3,(H2,11,13). The molecule has 0 spiro atoms. The topological polar surface area (TPSA) is 51.3 Å². The Morgan fingerprint density at radius 3 is 2.92 bits per heavy atom. The largest absolute Gasteiger partial charge is 0.387 e. The second-order valence-corrected chi connectivity index (χ2v) is 3.25. The third kappa shape index (κ3) is 3.69. The van der Waals surface area contributed by atoms with Gasteiger partial charge < -0.3 is 5.73 Å². The molecular weight excluding hydrogens is 162 g/mol. The SMILES string of the molecule is CC(C)N=C(N)Cc1cccnc1. The van der Waals surface area contributed by atoms with Gasteiger partial charge in [0.25, 0.3) is 0 Å². The van der Waals surface area contributed by atoms with Crippen LogP contribution < -0.4 is 5.73 Å². The van der Waals surface area contributed by atoms with Gasteiger partial charge in [-0.3, -0.25) is 9.98 Å². The first-order chi connectivity index (χ1) is 6.18. The van der Waals surface area contributed by atoms with Gasteiger partial charge >= 0.3 is 0 Å². The van der Waals surface area contributed by atoms with Gasteiger partial charge in [-0.2, -0.15) is 0 Å². The lowest BCUT2D eigenvalue weighted by molar-refractivity contribution is 0.829. The van der Waals surface area contributed by atoms with Crippen LogP contribution in [-0.2, 0) is 6.42 Å². The summed E-state index contributed by atoms with van der Waals surface area (Å²) < 4.78 is 0. The van der Waals surface area contributed by atoms with Gasteiger partial charge in [-0.1, -0.05) is 6.07 Å². The molecule has 0 aliphatic carbocycles. The molecular formula is C10H15N3. The van der Waals surface area contributed by atoms with Crippen molar-refractivity contribution in [1.29, 1.82) is 0 Å². The molecule has 1 aromatic heterocycles. The van der Waals surface area contributed by atoms with E-state index < -0.39 is 0 Å². The molecule has 13 heavy (non-hydrogen) atoms. The fraction of sp³-hybridized carbons (Fsp3) is 0.400. The molecule has 0 saturated heterocycles. The summed E-state index contributed by atoms with van der Waals surface area (Å²) in [5, 5.41) is 0. The summed E-state index contributed by atoms with van der Waals surface area (Å²) in [6.07, 6.45) is 4.24. The van der Waals surface area contributed by atoms with E-state index in [1.165, 1.54) is 0 Å². The molecule has 0 amide bonds. The Kier molecular flexibility index (Phi) is 3.43. The number of aliphatic imine (C=N–C) groups is 1. The van der Waals surface area contributed by atoms with Crippen LogP contribution in [0.4, 0.5) is 0 Å². The zero-order valence-corrected chi connectivity index (χ0v) is 8.07. The first kappa shape index (κ1) is 9.71. The monoisotopic (exact) mass is 177 g/mol. The molecule has 1 rings (SSSR count). The van der Waals surface area contributed by atoms with Gasteiger partial charge in [-0.05, 0) is 25.5 Å². The van der Waals surface area contributed by atoms with Gasteiger partial charge in [-0.15, -0.1) is 0 Å². The maximum Gasteiger partial charge on any atom is 0.0985 e. The van der Waals surface area contributed by atoms with E-state index in [2.05, 4.69) is 9.98 Å². The van der Waals surface area contributed by atoms with Crippen LogP contribution in [0.5, 0.6) is 0 Å². The number of amidine groups is 1. The Morgan fingerprint density at radius 1 is 1.62 bits per heavy atom. The van der Waals surface area contributed by atoms with Gasteiger partial charge in [0, 0.05) is 24.9 Å². The van der Waals surface area contributed by atoms with E-state index in [1.807, 2.05) is 32.2 Å². The van der Waals surface area contributed by atoms with Crippen LogP contribution in [0.2, 0.25) is 0 Å². The predicted molar refractivity (Wildman–Crippen MR) is 54.7 cm³/mol. The van der Waals surface area contributed by atoms with Crippen molar-refractivity contribution in [3.63, 3.8) is 0 Å². The summed E-state index contributed by atoms with van der Waals surface area (Å²) in [7, 11) is 0. The highest BCUT2D eigenvalue weighted by Gasteiger charge is 1.97. The average Bonchev–Trinajstić information content (AvgIpc) is 2.04. The molecule has 70 valence electrons. The lowest BCUT2D eigenvalue weighted by Crippen LogP contribution is -2.17. The third-order valence-corrected chi connectivity index (χ3v) is 1.53.